The van der Waals surface area contributed by atoms with Gasteiger partial charge in [-0.3, -0.25) is 0 Å². The number of hydrogen-bond donors (Lipinski definition) is 1. The minimum absolute atomic E-state index is 7.41. The zero-order valence-corrected chi connectivity index (χ0v) is 8.86. The van der Waals surface area contributed by atoms with Crippen molar-refractivity contribution in [1.82, 2.24) is 0 Å². The number of rotatable bonds is 0. The molecule has 1 aliphatic rings. The fraction of sp³-hybridized carbons (Fsp3) is 1.00. The van der Waals surface area contributed by atoms with Gasteiger partial charge in [-0.05, 0) is 0 Å². The Morgan fingerprint density at radius 2 is 0.667 bits per heavy atom. The van der Waals surface area contributed by atoms with E-state index in [-0.39, 0.29) is 0 Å². The third-order valence-electron chi connectivity index (χ3n) is 2.90. The molecular formula is C7HF13O. The molecule has 0 radical (unpaired) electrons. The fourth-order valence-corrected chi connectivity index (χ4v) is 1.60. The first-order chi connectivity index (χ1) is 8.75. The Bertz CT molecular complexity index is 416. The predicted octanol–water partition coefficient (Wildman–Crippen LogP) is 3.47. The van der Waals surface area contributed by atoms with Gasteiger partial charge in [0.05, 0.1) is 0 Å². The van der Waals surface area contributed by atoms with Crippen LogP contribution in [0.25, 0.3) is 0 Å². The number of aliphatic hydroxyl groups is 1. The van der Waals surface area contributed by atoms with Crippen LogP contribution in [0.15, 0.2) is 0 Å². The van der Waals surface area contributed by atoms with Crippen LogP contribution in [0.2, 0.25) is 0 Å². The topological polar surface area (TPSA) is 20.2 Å². The fourth-order valence-electron chi connectivity index (χ4n) is 1.60. The molecule has 1 rings (SSSR count). The molecule has 0 bridgehead atoms. The SMILES string of the molecule is OC1(C(F)(F)F)C(F)(F)C(F)(F)C(F)(F)C(F)(F)C1(F)F. The van der Waals surface area contributed by atoms with Crippen molar-refractivity contribution >= 4 is 0 Å². The van der Waals surface area contributed by atoms with E-state index in [1.807, 2.05) is 0 Å². The van der Waals surface area contributed by atoms with E-state index in [0.29, 0.717) is 0 Å². The molecule has 0 heterocycles. The molecule has 0 aromatic heterocycles. The van der Waals surface area contributed by atoms with Crippen molar-refractivity contribution in [2.45, 2.75) is 41.4 Å². The van der Waals surface area contributed by atoms with Gasteiger partial charge in [0.1, 0.15) is 0 Å². The summed E-state index contributed by atoms with van der Waals surface area (Å²) in [4.78, 5) is 0. The van der Waals surface area contributed by atoms with Gasteiger partial charge in [0, 0.05) is 0 Å². The van der Waals surface area contributed by atoms with Crippen molar-refractivity contribution < 1.29 is 62.2 Å². The van der Waals surface area contributed by atoms with Crippen LogP contribution >= 0.6 is 0 Å². The van der Waals surface area contributed by atoms with Gasteiger partial charge in [-0.25, -0.2) is 0 Å². The molecule has 0 aromatic carbocycles. The minimum atomic E-state index is -7.65. The van der Waals surface area contributed by atoms with Crippen LogP contribution in [0.1, 0.15) is 0 Å². The van der Waals surface area contributed by atoms with Gasteiger partial charge in [-0.2, -0.15) is 57.1 Å². The van der Waals surface area contributed by atoms with Gasteiger partial charge in [-0.1, -0.05) is 0 Å². The highest BCUT2D eigenvalue weighted by molar-refractivity contribution is 5.28. The Morgan fingerprint density at radius 3 is 0.857 bits per heavy atom. The molecule has 126 valence electrons. The third-order valence-corrected chi connectivity index (χ3v) is 2.90. The van der Waals surface area contributed by atoms with Crippen LogP contribution < -0.4 is 0 Å². The summed E-state index contributed by atoms with van der Waals surface area (Å²) in [5, 5.41) is 8.25. The summed E-state index contributed by atoms with van der Waals surface area (Å²) in [6, 6.07) is 0. The Kier molecular flexibility index (Phi) is 3.17. The van der Waals surface area contributed by atoms with Crippen molar-refractivity contribution in [3.63, 3.8) is 0 Å². The second-order valence-electron chi connectivity index (χ2n) is 4.08. The van der Waals surface area contributed by atoms with E-state index in [9.17, 15) is 57.1 Å². The third kappa shape index (κ3) is 1.44. The van der Waals surface area contributed by atoms with Crippen molar-refractivity contribution in [2.24, 2.45) is 0 Å². The highest BCUT2D eigenvalue weighted by Gasteiger charge is 3.04. The Labute approximate surface area is 105 Å². The van der Waals surface area contributed by atoms with Crippen LogP contribution in [0.4, 0.5) is 57.1 Å². The Balaban J connectivity index is 3.93. The largest absolute Gasteiger partial charge is 0.429 e. The van der Waals surface area contributed by atoms with Crippen LogP contribution in [-0.4, -0.2) is 46.5 Å². The molecule has 0 aliphatic heterocycles. The molecule has 1 N–H and O–H groups in total. The normalized spacial score (nSPS) is 31.7. The molecule has 14 heteroatoms. The van der Waals surface area contributed by atoms with Gasteiger partial charge in [0.15, 0.2) is 0 Å². The number of hydrogen-bond acceptors (Lipinski definition) is 1. The van der Waals surface area contributed by atoms with Gasteiger partial charge in [0.25, 0.3) is 0 Å². The smallest absolute Gasteiger partial charge is 0.371 e. The monoisotopic (exact) mass is 348 g/mol. The quantitative estimate of drug-likeness (QED) is 0.665. The summed E-state index contributed by atoms with van der Waals surface area (Å²) in [5.41, 5.74) is -7.41. The lowest BCUT2D eigenvalue weighted by atomic mass is 9.70. The van der Waals surface area contributed by atoms with Crippen LogP contribution in [0, 0.1) is 0 Å². The average molecular weight is 348 g/mol. The van der Waals surface area contributed by atoms with E-state index in [2.05, 4.69) is 0 Å². The average Bonchev–Trinajstić information content (AvgIpc) is 2.23. The molecule has 1 nitrogen and oxygen atoms in total. The Hall–Kier alpha value is -0.950. The van der Waals surface area contributed by atoms with E-state index in [1.54, 1.807) is 0 Å². The van der Waals surface area contributed by atoms with Crippen LogP contribution in [0.5, 0.6) is 0 Å². The summed E-state index contributed by atoms with van der Waals surface area (Å²) in [6.45, 7) is 0. The van der Waals surface area contributed by atoms with E-state index in [4.69, 9.17) is 5.11 Å². The lowest BCUT2D eigenvalue weighted by Crippen LogP contribution is -2.88. The molecule has 1 aliphatic carbocycles. The van der Waals surface area contributed by atoms with E-state index in [1.165, 1.54) is 0 Å². The first kappa shape index (κ1) is 18.1. The predicted molar refractivity (Wildman–Crippen MR) is 35.7 cm³/mol. The molecular weight excluding hydrogens is 347 g/mol. The molecule has 0 unspecified atom stereocenters. The molecule has 0 spiro atoms. The van der Waals surface area contributed by atoms with Crippen LogP contribution in [0.3, 0.4) is 0 Å². The molecule has 0 aromatic rings. The van der Waals surface area contributed by atoms with Gasteiger partial charge >= 0.3 is 41.4 Å². The molecule has 1 fully saturated rings. The van der Waals surface area contributed by atoms with Crippen LogP contribution in [-0.2, 0) is 0 Å². The van der Waals surface area contributed by atoms with Crippen molar-refractivity contribution in [2.75, 3.05) is 0 Å². The van der Waals surface area contributed by atoms with Crippen molar-refractivity contribution in [3.8, 4) is 0 Å². The minimum Gasteiger partial charge on any atom is -0.371 e. The van der Waals surface area contributed by atoms with Crippen molar-refractivity contribution in [1.29, 1.82) is 0 Å². The zero-order valence-electron chi connectivity index (χ0n) is 8.86. The highest BCUT2D eigenvalue weighted by Crippen LogP contribution is 2.70. The molecule has 0 atom stereocenters. The Morgan fingerprint density at radius 1 is 0.476 bits per heavy atom. The van der Waals surface area contributed by atoms with Gasteiger partial charge < -0.3 is 5.11 Å². The summed E-state index contributed by atoms with van der Waals surface area (Å²) in [5.74, 6) is -38.1. The van der Waals surface area contributed by atoms with Crippen molar-refractivity contribution in [3.05, 3.63) is 0 Å². The summed E-state index contributed by atoms with van der Waals surface area (Å²) in [7, 11) is 0. The highest BCUT2D eigenvalue weighted by atomic mass is 19.4. The molecule has 21 heavy (non-hydrogen) atoms. The van der Waals surface area contributed by atoms with E-state index >= 15 is 0 Å². The maximum atomic E-state index is 12.8. The van der Waals surface area contributed by atoms with Gasteiger partial charge in [0.2, 0.25) is 0 Å². The lowest BCUT2D eigenvalue weighted by molar-refractivity contribution is -0.529. The molecule has 0 amide bonds. The zero-order chi connectivity index (χ0) is 17.5. The lowest BCUT2D eigenvalue weighted by Gasteiger charge is -2.53. The summed E-state index contributed by atoms with van der Waals surface area (Å²) in [6.07, 6.45) is -7.48. The van der Waals surface area contributed by atoms with E-state index < -0.39 is 41.4 Å². The summed E-state index contributed by atoms with van der Waals surface area (Å²) < 4.78 is 163. The first-order valence-corrected chi connectivity index (χ1v) is 4.43. The van der Waals surface area contributed by atoms with E-state index in [0.717, 1.165) is 0 Å². The second-order valence-corrected chi connectivity index (χ2v) is 4.08. The number of alkyl halides is 13. The number of halogens is 13. The molecule has 1 saturated carbocycles. The summed E-state index contributed by atoms with van der Waals surface area (Å²) >= 11 is 0. The van der Waals surface area contributed by atoms with Gasteiger partial charge in [-0.15, -0.1) is 0 Å². The maximum absolute atomic E-state index is 12.8. The standard InChI is InChI=1S/C7HF13O/c8-2(9)1(21,7(18,19)20)3(10,11)5(14,15)6(16,17)4(2,12)13/h21H. The second kappa shape index (κ2) is 3.68. The molecule has 0 saturated heterocycles. The maximum Gasteiger partial charge on any atom is 0.429 e. The first-order valence-electron chi connectivity index (χ1n) is 4.43.